The number of fused-ring (bicyclic) bond motifs is 1. The number of nitrogens with zero attached hydrogens (tertiary/aromatic N) is 3. The lowest BCUT2D eigenvalue weighted by Gasteiger charge is -2.30. The van der Waals surface area contributed by atoms with Gasteiger partial charge in [-0.1, -0.05) is 6.58 Å². The highest BCUT2D eigenvalue weighted by Crippen LogP contribution is 2.36. The van der Waals surface area contributed by atoms with Gasteiger partial charge < -0.3 is 29.9 Å². The molecule has 4 rings (SSSR count). The Kier molecular flexibility index (Phi) is 8.82. The molecule has 190 valence electrons. The standard InChI is InChI=1S/C27H39N5O3/c1-4-27(33)28-19-21-16-23(29-20-8-13-31(2)14-9-20)22-17-25(34-3)26(18-24(22)30-21)35-15-7-12-32-10-5-6-11-32/h4,16-18,20H,1,5-15,19H2,2-3H3,(H,28,33)(H,29,30). The predicted octanol–water partition coefficient (Wildman–Crippen LogP) is 3.42. The molecule has 2 N–H and O–H groups in total. The Morgan fingerprint density at radius 2 is 1.94 bits per heavy atom. The lowest BCUT2D eigenvalue weighted by Crippen LogP contribution is -2.36. The van der Waals surface area contributed by atoms with Crippen LogP contribution in [0.4, 0.5) is 5.69 Å². The normalized spacial score (nSPS) is 17.4. The SMILES string of the molecule is C=CC(=O)NCc1cc(NC2CCN(C)CC2)c2cc(OC)c(OCCCN3CCCC3)cc2n1. The molecule has 0 saturated carbocycles. The van der Waals surface area contributed by atoms with E-state index in [0.29, 0.717) is 30.7 Å². The summed E-state index contributed by atoms with van der Waals surface area (Å²) in [5, 5.41) is 7.57. The number of pyridine rings is 1. The maximum absolute atomic E-state index is 11.7. The first-order valence-corrected chi connectivity index (χ1v) is 12.8. The lowest BCUT2D eigenvalue weighted by atomic mass is 10.0. The Balaban J connectivity index is 1.56. The number of amides is 1. The monoisotopic (exact) mass is 481 g/mol. The second-order valence-electron chi connectivity index (χ2n) is 9.58. The van der Waals surface area contributed by atoms with E-state index in [1.807, 2.05) is 18.2 Å². The van der Waals surface area contributed by atoms with Crippen LogP contribution in [0.25, 0.3) is 10.9 Å². The van der Waals surface area contributed by atoms with Crippen molar-refractivity contribution in [2.75, 3.05) is 58.8 Å². The van der Waals surface area contributed by atoms with Crippen LogP contribution in [0.5, 0.6) is 11.5 Å². The van der Waals surface area contributed by atoms with Crippen LogP contribution in [-0.4, -0.2) is 80.2 Å². The van der Waals surface area contributed by atoms with Crippen LogP contribution >= 0.6 is 0 Å². The van der Waals surface area contributed by atoms with Crippen LogP contribution < -0.4 is 20.1 Å². The van der Waals surface area contributed by atoms with E-state index in [1.54, 1.807) is 7.11 Å². The van der Waals surface area contributed by atoms with Gasteiger partial charge in [-0.15, -0.1) is 0 Å². The summed E-state index contributed by atoms with van der Waals surface area (Å²) in [4.78, 5) is 21.4. The summed E-state index contributed by atoms with van der Waals surface area (Å²) in [6.45, 7) is 10.1. The van der Waals surface area contributed by atoms with Crippen molar-refractivity contribution in [1.29, 1.82) is 0 Å². The molecule has 0 spiro atoms. The number of carbonyl (C=O) groups is 1. The maximum atomic E-state index is 11.7. The van der Waals surface area contributed by atoms with E-state index in [-0.39, 0.29) is 5.91 Å². The molecule has 1 aromatic heterocycles. The number of rotatable bonds is 11. The Morgan fingerprint density at radius 3 is 2.66 bits per heavy atom. The molecular weight excluding hydrogens is 442 g/mol. The first kappa shape index (κ1) is 25.3. The summed E-state index contributed by atoms with van der Waals surface area (Å²) in [5.74, 6) is 1.19. The van der Waals surface area contributed by atoms with Crippen molar-refractivity contribution in [2.45, 2.75) is 44.7 Å². The number of aromatic nitrogens is 1. The van der Waals surface area contributed by atoms with Crippen molar-refractivity contribution in [2.24, 2.45) is 0 Å². The van der Waals surface area contributed by atoms with Crippen LogP contribution in [0, 0.1) is 0 Å². The Bertz CT molecular complexity index is 1010. The maximum Gasteiger partial charge on any atom is 0.243 e. The summed E-state index contributed by atoms with van der Waals surface area (Å²) in [6, 6.07) is 6.39. The van der Waals surface area contributed by atoms with Gasteiger partial charge in [0.15, 0.2) is 11.5 Å². The van der Waals surface area contributed by atoms with Gasteiger partial charge in [0.05, 0.1) is 31.5 Å². The number of ether oxygens (including phenoxy) is 2. The van der Waals surface area contributed by atoms with Crippen molar-refractivity contribution < 1.29 is 14.3 Å². The number of methoxy groups -OCH3 is 1. The lowest BCUT2D eigenvalue weighted by molar-refractivity contribution is -0.116. The molecule has 0 bridgehead atoms. The van der Waals surface area contributed by atoms with Gasteiger partial charge in [-0.3, -0.25) is 9.78 Å². The smallest absolute Gasteiger partial charge is 0.243 e. The van der Waals surface area contributed by atoms with Gasteiger partial charge in [-0.05, 0) is 83.5 Å². The second kappa shape index (κ2) is 12.2. The van der Waals surface area contributed by atoms with Crippen molar-refractivity contribution in [3.05, 3.63) is 36.5 Å². The zero-order valence-corrected chi connectivity index (χ0v) is 21.1. The zero-order valence-electron chi connectivity index (χ0n) is 21.1. The highest BCUT2D eigenvalue weighted by atomic mass is 16.5. The quantitative estimate of drug-likeness (QED) is 0.376. The number of hydrogen-bond acceptors (Lipinski definition) is 7. The minimum absolute atomic E-state index is 0.214. The molecule has 2 aromatic rings. The van der Waals surface area contributed by atoms with Crippen LogP contribution in [0.3, 0.4) is 0 Å². The number of carbonyl (C=O) groups excluding carboxylic acids is 1. The molecule has 35 heavy (non-hydrogen) atoms. The van der Waals surface area contributed by atoms with Gasteiger partial charge in [-0.2, -0.15) is 0 Å². The first-order valence-electron chi connectivity index (χ1n) is 12.8. The summed E-state index contributed by atoms with van der Waals surface area (Å²) in [7, 11) is 3.84. The Hall–Kier alpha value is -2.84. The average molecular weight is 482 g/mol. The number of likely N-dealkylation sites (tertiary alicyclic amines) is 2. The minimum atomic E-state index is -0.214. The molecule has 8 heteroatoms. The van der Waals surface area contributed by atoms with E-state index in [1.165, 1.54) is 32.0 Å². The van der Waals surface area contributed by atoms with Crippen LogP contribution in [0.1, 0.15) is 37.8 Å². The summed E-state index contributed by atoms with van der Waals surface area (Å²) >= 11 is 0. The molecule has 2 aliphatic rings. The Labute approximate surface area is 208 Å². The highest BCUT2D eigenvalue weighted by Gasteiger charge is 2.19. The minimum Gasteiger partial charge on any atom is -0.493 e. The zero-order chi connectivity index (χ0) is 24.6. The van der Waals surface area contributed by atoms with Crippen molar-refractivity contribution in [1.82, 2.24) is 20.1 Å². The van der Waals surface area contributed by atoms with Crippen molar-refractivity contribution >= 4 is 22.5 Å². The number of hydrogen-bond donors (Lipinski definition) is 2. The number of benzene rings is 1. The summed E-state index contributed by atoms with van der Waals surface area (Å²) in [5.41, 5.74) is 2.61. The van der Waals surface area contributed by atoms with Gasteiger partial charge in [0.1, 0.15) is 0 Å². The van der Waals surface area contributed by atoms with E-state index >= 15 is 0 Å². The molecule has 2 fully saturated rings. The Morgan fingerprint density at radius 1 is 1.17 bits per heavy atom. The fraction of sp³-hybridized carbons (Fsp3) is 0.556. The summed E-state index contributed by atoms with van der Waals surface area (Å²) in [6.07, 6.45) is 7.02. The predicted molar refractivity (Wildman–Crippen MR) is 140 cm³/mol. The van der Waals surface area contributed by atoms with Gasteiger partial charge >= 0.3 is 0 Å². The van der Waals surface area contributed by atoms with Crippen LogP contribution in [0.2, 0.25) is 0 Å². The van der Waals surface area contributed by atoms with Gasteiger partial charge in [0.25, 0.3) is 0 Å². The number of anilines is 1. The van der Waals surface area contributed by atoms with Crippen molar-refractivity contribution in [3.63, 3.8) is 0 Å². The number of piperidine rings is 1. The largest absolute Gasteiger partial charge is 0.493 e. The molecule has 1 amide bonds. The summed E-state index contributed by atoms with van der Waals surface area (Å²) < 4.78 is 11.9. The fourth-order valence-electron chi connectivity index (χ4n) is 4.87. The molecule has 0 unspecified atom stereocenters. The molecule has 8 nitrogen and oxygen atoms in total. The van der Waals surface area contributed by atoms with E-state index in [4.69, 9.17) is 14.5 Å². The van der Waals surface area contributed by atoms with Crippen LogP contribution in [-0.2, 0) is 11.3 Å². The average Bonchev–Trinajstić information content (AvgIpc) is 3.39. The highest BCUT2D eigenvalue weighted by molar-refractivity contribution is 5.94. The van der Waals surface area contributed by atoms with E-state index in [0.717, 1.165) is 61.2 Å². The fourth-order valence-corrected chi connectivity index (χ4v) is 4.87. The molecule has 2 saturated heterocycles. The molecular formula is C27H39N5O3. The molecule has 2 aliphatic heterocycles. The third kappa shape index (κ3) is 6.86. The van der Waals surface area contributed by atoms with E-state index in [9.17, 15) is 4.79 Å². The first-order chi connectivity index (χ1) is 17.1. The molecule has 1 aromatic carbocycles. The van der Waals surface area contributed by atoms with Gasteiger partial charge in [0, 0.05) is 29.7 Å². The van der Waals surface area contributed by atoms with E-state index < -0.39 is 0 Å². The van der Waals surface area contributed by atoms with Crippen LogP contribution in [0.15, 0.2) is 30.9 Å². The van der Waals surface area contributed by atoms with Gasteiger partial charge in [-0.25, -0.2) is 0 Å². The third-order valence-electron chi connectivity index (χ3n) is 6.93. The van der Waals surface area contributed by atoms with Crippen molar-refractivity contribution in [3.8, 4) is 11.5 Å². The molecule has 0 radical (unpaired) electrons. The third-order valence-corrected chi connectivity index (χ3v) is 6.93. The van der Waals surface area contributed by atoms with Gasteiger partial charge in [0.2, 0.25) is 5.91 Å². The second-order valence-corrected chi connectivity index (χ2v) is 9.58. The molecule has 0 atom stereocenters. The molecule has 3 heterocycles. The van der Waals surface area contributed by atoms with E-state index in [2.05, 4.69) is 34.1 Å². The molecule has 0 aliphatic carbocycles. The topological polar surface area (TPSA) is 79.0 Å². The number of nitrogens with one attached hydrogen (secondary N) is 2.